The predicted octanol–water partition coefficient (Wildman–Crippen LogP) is 2.48. The molecule has 1 amide bonds. The first-order valence-electron chi connectivity index (χ1n) is 8.81. The fraction of sp³-hybridized carbons (Fsp3) is 0.579. The molecule has 1 atom stereocenters. The van der Waals surface area contributed by atoms with E-state index in [-0.39, 0.29) is 11.9 Å². The van der Waals surface area contributed by atoms with Crippen LogP contribution in [0.2, 0.25) is 0 Å². The van der Waals surface area contributed by atoms with E-state index in [0.29, 0.717) is 26.0 Å². The number of cyclic esters (lactones) is 1. The van der Waals surface area contributed by atoms with Gasteiger partial charge in [0.2, 0.25) is 5.91 Å². The summed E-state index contributed by atoms with van der Waals surface area (Å²) in [6, 6.07) is 6.27. The molecular weight excluding hydrogens is 320 g/mol. The summed E-state index contributed by atoms with van der Waals surface area (Å²) >= 11 is 0. The molecule has 2 fully saturated rings. The normalized spacial score (nSPS) is 20.8. The van der Waals surface area contributed by atoms with Crippen molar-refractivity contribution in [3.8, 4) is 0 Å². The number of hydrogen-bond acceptors (Lipinski definition) is 5. The molecule has 0 saturated carbocycles. The van der Waals surface area contributed by atoms with E-state index >= 15 is 0 Å². The largest absolute Gasteiger partial charge is 0.509 e. The van der Waals surface area contributed by atoms with Crippen molar-refractivity contribution in [1.29, 1.82) is 0 Å². The molecule has 2 heterocycles. The molecule has 0 aliphatic carbocycles. The van der Waals surface area contributed by atoms with Gasteiger partial charge in [-0.05, 0) is 31.9 Å². The van der Waals surface area contributed by atoms with Crippen LogP contribution in [-0.4, -0.2) is 48.8 Å². The highest BCUT2D eigenvalue weighted by atomic mass is 16.8. The third kappa shape index (κ3) is 4.12. The fourth-order valence-corrected chi connectivity index (χ4v) is 3.59. The molecule has 0 radical (unpaired) electrons. The summed E-state index contributed by atoms with van der Waals surface area (Å²) in [7, 11) is 0. The van der Waals surface area contributed by atoms with Gasteiger partial charge >= 0.3 is 6.16 Å². The van der Waals surface area contributed by atoms with E-state index in [4.69, 9.17) is 9.47 Å². The molecule has 2 aliphatic heterocycles. The molecule has 1 aromatic rings. The maximum atomic E-state index is 12.4. The Morgan fingerprint density at radius 3 is 2.68 bits per heavy atom. The minimum Gasteiger partial charge on any atom is -0.430 e. The number of likely N-dealkylation sites (tertiary alicyclic amines) is 1. The second kappa shape index (κ2) is 7.04. The number of carbonyl (C=O) groups is 2. The van der Waals surface area contributed by atoms with E-state index < -0.39 is 11.8 Å². The van der Waals surface area contributed by atoms with E-state index in [1.165, 1.54) is 11.1 Å². The van der Waals surface area contributed by atoms with Crippen LogP contribution in [0.4, 0.5) is 4.79 Å². The van der Waals surface area contributed by atoms with Crippen molar-refractivity contribution >= 4 is 12.1 Å². The molecule has 136 valence electrons. The molecule has 0 unspecified atom stereocenters. The lowest BCUT2D eigenvalue weighted by Crippen LogP contribution is -2.49. The van der Waals surface area contributed by atoms with Gasteiger partial charge in [-0.15, -0.1) is 0 Å². The van der Waals surface area contributed by atoms with Crippen LogP contribution < -0.4 is 5.32 Å². The lowest BCUT2D eigenvalue weighted by Gasteiger charge is -2.36. The summed E-state index contributed by atoms with van der Waals surface area (Å²) in [6.07, 6.45) is 0.838. The fourth-order valence-electron chi connectivity index (χ4n) is 3.59. The Morgan fingerprint density at radius 2 is 2.04 bits per heavy atom. The number of nitrogens with one attached hydrogen (secondary N) is 1. The molecule has 6 heteroatoms. The molecule has 1 aromatic carbocycles. The number of rotatable bonds is 4. The van der Waals surface area contributed by atoms with Crippen molar-refractivity contribution in [2.45, 2.75) is 45.3 Å². The minimum atomic E-state index is -0.575. The van der Waals surface area contributed by atoms with E-state index in [1.54, 1.807) is 0 Å². The monoisotopic (exact) mass is 346 g/mol. The van der Waals surface area contributed by atoms with E-state index in [2.05, 4.69) is 42.3 Å². The van der Waals surface area contributed by atoms with Crippen LogP contribution in [0.1, 0.15) is 42.5 Å². The standard InChI is InChI=1S/C19H26N2O4/c1-13-4-5-14(2)16(10-13)15(3)20-17(22)11-21-8-6-19(7-9-21)12-24-18(23)25-19/h4-5,10,15H,6-9,11-12H2,1-3H3,(H,20,22)/t15-/m0/s1. The zero-order valence-electron chi connectivity index (χ0n) is 15.1. The van der Waals surface area contributed by atoms with Gasteiger partial charge in [0.25, 0.3) is 0 Å². The molecule has 0 bridgehead atoms. The molecule has 2 saturated heterocycles. The molecule has 6 nitrogen and oxygen atoms in total. The number of amides is 1. The van der Waals surface area contributed by atoms with Gasteiger partial charge < -0.3 is 14.8 Å². The lowest BCUT2D eigenvalue weighted by molar-refractivity contribution is -0.123. The van der Waals surface area contributed by atoms with Gasteiger partial charge in [0, 0.05) is 25.9 Å². The molecule has 2 aliphatic rings. The summed E-state index contributed by atoms with van der Waals surface area (Å²) in [5.74, 6) is 0.0176. The minimum absolute atomic E-state index is 0.0176. The van der Waals surface area contributed by atoms with Gasteiger partial charge in [0.05, 0.1) is 12.6 Å². The van der Waals surface area contributed by atoms with Crippen LogP contribution in [0, 0.1) is 13.8 Å². The van der Waals surface area contributed by atoms with Gasteiger partial charge in [-0.25, -0.2) is 4.79 Å². The van der Waals surface area contributed by atoms with Crippen LogP contribution in [-0.2, 0) is 14.3 Å². The average molecular weight is 346 g/mol. The number of aryl methyl sites for hydroxylation is 2. The van der Waals surface area contributed by atoms with Crippen LogP contribution in [0.3, 0.4) is 0 Å². The summed E-state index contributed by atoms with van der Waals surface area (Å²) in [5.41, 5.74) is 3.05. The number of nitrogens with zero attached hydrogens (tertiary/aromatic N) is 1. The van der Waals surface area contributed by atoms with Gasteiger partial charge in [0.15, 0.2) is 5.60 Å². The summed E-state index contributed by atoms with van der Waals surface area (Å²) < 4.78 is 10.2. The summed E-state index contributed by atoms with van der Waals surface area (Å²) in [4.78, 5) is 25.7. The second-order valence-electron chi connectivity index (χ2n) is 7.25. The first-order valence-corrected chi connectivity index (χ1v) is 8.81. The summed E-state index contributed by atoms with van der Waals surface area (Å²) in [5, 5.41) is 3.09. The number of carbonyl (C=O) groups excluding carboxylic acids is 2. The number of piperidine rings is 1. The van der Waals surface area contributed by atoms with Crippen molar-refractivity contribution in [1.82, 2.24) is 10.2 Å². The molecule has 1 spiro atoms. The van der Waals surface area contributed by atoms with Crippen LogP contribution in [0.5, 0.6) is 0 Å². The Kier molecular flexibility index (Phi) is 4.99. The Balaban J connectivity index is 1.50. The first kappa shape index (κ1) is 17.7. The Hall–Kier alpha value is -2.08. The van der Waals surface area contributed by atoms with Crippen LogP contribution >= 0.6 is 0 Å². The maximum Gasteiger partial charge on any atom is 0.509 e. The van der Waals surface area contributed by atoms with Gasteiger partial charge in [-0.2, -0.15) is 0 Å². The quantitative estimate of drug-likeness (QED) is 0.849. The molecule has 0 aromatic heterocycles. The van der Waals surface area contributed by atoms with Crippen molar-refractivity contribution in [3.63, 3.8) is 0 Å². The van der Waals surface area contributed by atoms with Crippen molar-refractivity contribution in [2.75, 3.05) is 26.2 Å². The molecule has 1 N–H and O–H groups in total. The van der Waals surface area contributed by atoms with Crippen molar-refractivity contribution in [3.05, 3.63) is 34.9 Å². The first-order chi connectivity index (χ1) is 11.9. The third-order valence-corrected chi connectivity index (χ3v) is 5.17. The van der Waals surface area contributed by atoms with Gasteiger partial charge in [-0.1, -0.05) is 23.8 Å². The number of benzene rings is 1. The van der Waals surface area contributed by atoms with Gasteiger partial charge in [0.1, 0.15) is 6.61 Å². The zero-order chi connectivity index (χ0) is 18.0. The zero-order valence-corrected chi connectivity index (χ0v) is 15.1. The van der Waals surface area contributed by atoms with Crippen molar-refractivity contribution in [2.24, 2.45) is 0 Å². The van der Waals surface area contributed by atoms with E-state index in [1.807, 2.05) is 6.92 Å². The number of ether oxygens (including phenoxy) is 2. The predicted molar refractivity (Wildman–Crippen MR) is 93.3 cm³/mol. The second-order valence-corrected chi connectivity index (χ2v) is 7.25. The number of hydrogen-bond donors (Lipinski definition) is 1. The Labute approximate surface area is 148 Å². The highest BCUT2D eigenvalue weighted by Gasteiger charge is 2.44. The maximum absolute atomic E-state index is 12.4. The van der Waals surface area contributed by atoms with Crippen LogP contribution in [0.15, 0.2) is 18.2 Å². The Bertz CT molecular complexity index is 665. The highest BCUT2D eigenvalue weighted by molar-refractivity contribution is 5.78. The smallest absolute Gasteiger partial charge is 0.430 e. The average Bonchev–Trinajstić information content (AvgIpc) is 2.93. The Morgan fingerprint density at radius 1 is 1.32 bits per heavy atom. The van der Waals surface area contributed by atoms with E-state index in [0.717, 1.165) is 18.7 Å². The van der Waals surface area contributed by atoms with E-state index in [9.17, 15) is 9.59 Å². The van der Waals surface area contributed by atoms with Crippen LogP contribution in [0.25, 0.3) is 0 Å². The summed E-state index contributed by atoms with van der Waals surface area (Å²) in [6.45, 7) is 8.27. The lowest BCUT2D eigenvalue weighted by atomic mass is 9.92. The van der Waals surface area contributed by atoms with Crippen molar-refractivity contribution < 1.29 is 19.1 Å². The SMILES string of the molecule is Cc1ccc(C)c([C@H](C)NC(=O)CN2CCC3(CC2)COC(=O)O3)c1. The van der Waals surface area contributed by atoms with Gasteiger partial charge in [-0.3, -0.25) is 9.69 Å². The third-order valence-electron chi connectivity index (χ3n) is 5.17. The molecule has 25 heavy (non-hydrogen) atoms. The molecule has 3 rings (SSSR count). The highest BCUT2D eigenvalue weighted by Crippen LogP contribution is 2.31. The topological polar surface area (TPSA) is 67.9 Å². The molecular formula is C19H26N2O4.